The number of nitrogens with one attached hydrogen (secondary N) is 1. The second-order valence-corrected chi connectivity index (χ2v) is 5.14. The summed E-state index contributed by atoms with van der Waals surface area (Å²) in [5, 5.41) is 2.83. The van der Waals surface area contributed by atoms with Gasteiger partial charge in [-0.2, -0.15) is 4.98 Å². The van der Waals surface area contributed by atoms with Crippen LogP contribution in [0, 0.1) is 6.92 Å². The molecule has 2 aromatic heterocycles. The smallest absolute Gasteiger partial charge is 0.242 e. The molecule has 7 heteroatoms. The number of aromatic nitrogens is 2. The van der Waals surface area contributed by atoms with Gasteiger partial charge >= 0.3 is 0 Å². The summed E-state index contributed by atoms with van der Waals surface area (Å²) in [6.45, 7) is 3.62. The van der Waals surface area contributed by atoms with Crippen molar-refractivity contribution < 1.29 is 13.9 Å². The summed E-state index contributed by atoms with van der Waals surface area (Å²) in [5.41, 5.74) is 0.440. The van der Waals surface area contributed by atoms with Crippen LogP contribution < -0.4 is 15.0 Å². The van der Waals surface area contributed by atoms with Gasteiger partial charge in [0, 0.05) is 14.1 Å². The van der Waals surface area contributed by atoms with Gasteiger partial charge in [0.05, 0.1) is 13.0 Å². The molecule has 1 N–H and O–H groups in total. The summed E-state index contributed by atoms with van der Waals surface area (Å²) >= 11 is 0. The molecule has 0 aliphatic rings. The van der Waals surface area contributed by atoms with Crippen LogP contribution in [0.15, 0.2) is 22.9 Å². The first-order valence-corrected chi connectivity index (χ1v) is 6.87. The van der Waals surface area contributed by atoms with Gasteiger partial charge in [0.15, 0.2) is 5.82 Å². The van der Waals surface area contributed by atoms with Crippen LogP contribution in [0.2, 0.25) is 0 Å². The minimum atomic E-state index is -0.436. The lowest BCUT2D eigenvalue weighted by Gasteiger charge is -2.19. The van der Waals surface area contributed by atoms with Crippen LogP contribution >= 0.6 is 0 Å². The normalized spacial score (nSPS) is 11.9. The van der Waals surface area contributed by atoms with E-state index in [4.69, 9.17) is 9.15 Å². The van der Waals surface area contributed by atoms with E-state index in [2.05, 4.69) is 15.3 Å². The molecule has 2 aromatic rings. The molecule has 0 aliphatic carbocycles. The monoisotopic (exact) mass is 304 g/mol. The molecule has 0 bridgehead atoms. The van der Waals surface area contributed by atoms with Gasteiger partial charge in [-0.25, -0.2) is 4.98 Å². The Morgan fingerprint density at radius 2 is 2.09 bits per heavy atom. The predicted octanol–water partition coefficient (Wildman–Crippen LogP) is 2.19. The van der Waals surface area contributed by atoms with Crippen LogP contribution in [0.5, 0.6) is 5.88 Å². The molecular formula is C15H20N4O3. The average Bonchev–Trinajstić information content (AvgIpc) is 2.92. The number of ether oxygens (including phenoxy) is 1. The number of rotatable bonds is 5. The molecule has 7 nitrogen and oxygen atoms in total. The fraction of sp³-hybridized carbons (Fsp3) is 0.400. The molecule has 2 heterocycles. The van der Waals surface area contributed by atoms with Gasteiger partial charge in [-0.15, -0.1) is 0 Å². The first kappa shape index (κ1) is 15.8. The van der Waals surface area contributed by atoms with E-state index >= 15 is 0 Å². The lowest BCUT2D eigenvalue weighted by molar-refractivity contribution is -0.117. The number of anilines is 2. The fourth-order valence-electron chi connectivity index (χ4n) is 2.01. The molecule has 0 unspecified atom stereocenters. The quantitative estimate of drug-likeness (QED) is 0.912. The molecular weight excluding hydrogens is 284 g/mol. The molecule has 0 saturated heterocycles. The molecule has 1 atom stereocenters. The third-order valence-corrected chi connectivity index (χ3v) is 3.24. The van der Waals surface area contributed by atoms with Gasteiger partial charge in [-0.05, 0) is 26.0 Å². The van der Waals surface area contributed by atoms with Crippen LogP contribution in [-0.4, -0.2) is 37.1 Å². The largest absolute Gasteiger partial charge is 0.479 e. The summed E-state index contributed by atoms with van der Waals surface area (Å²) in [6.07, 6.45) is 1.39. The van der Waals surface area contributed by atoms with E-state index in [0.717, 1.165) is 5.76 Å². The zero-order valence-electron chi connectivity index (χ0n) is 13.4. The van der Waals surface area contributed by atoms with Gasteiger partial charge in [-0.1, -0.05) is 0 Å². The SMILES string of the molecule is COc1ncnc(N(C)C)c1NC(=O)[C@H](C)c1ccc(C)o1. The Labute approximate surface area is 129 Å². The van der Waals surface area contributed by atoms with Crippen molar-refractivity contribution in [3.05, 3.63) is 30.0 Å². The van der Waals surface area contributed by atoms with Gasteiger partial charge in [0.2, 0.25) is 11.8 Å². The number of furan rings is 1. The number of hydrogen-bond acceptors (Lipinski definition) is 6. The molecule has 0 aromatic carbocycles. The van der Waals surface area contributed by atoms with Crippen molar-refractivity contribution in [3.63, 3.8) is 0 Å². The maximum absolute atomic E-state index is 12.5. The minimum absolute atomic E-state index is 0.217. The Morgan fingerprint density at radius 1 is 1.36 bits per heavy atom. The van der Waals surface area contributed by atoms with E-state index in [-0.39, 0.29) is 5.91 Å². The van der Waals surface area contributed by atoms with Crippen molar-refractivity contribution in [1.82, 2.24) is 9.97 Å². The number of methoxy groups -OCH3 is 1. The molecule has 22 heavy (non-hydrogen) atoms. The van der Waals surface area contributed by atoms with E-state index in [1.807, 2.05) is 27.1 Å². The zero-order valence-corrected chi connectivity index (χ0v) is 13.4. The van der Waals surface area contributed by atoms with Crippen LogP contribution in [0.25, 0.3) is 0 Å². The average molecular weight is 304 g/mol. The van der Waals surface area contributed by atoms with E-state index in [0.29, 0.717) is 23.1 Å². The van der Waals surface area contributed by atoms with Crippen molar-refractivity contribution in [2.75, 3.05) is 31.4 Å². The van der Waals surface area contributed by atoms with E-state index in [9.17, 15) is 4.79 Å². The second kappa shape index (κ2) is 6.46. The first-order chi connectivity index (χ1) is 10.4. The Hall–Kier alpha value is -2.57. The molecule has 118 valence electrons. The molecule has 0 aliphatic heterocycles. The molecule has 0 radical (unpaired) electrons. The van der Waals surface area contributed by atoms with E-state index in [1.54, 1.807) is 17.9 Å². The summed E-state index contributed by atoms with van der Waals surface area (Å²) in [7, 11) is 5.16. The van der Waals surface area contributed by atoms with Gasteiger partial charge in [0.25, 0.3) is 0 Å². The van der Waals surface area contributed by atoms with Crippen LogP contribution in [0.1, 0.15) is 24.4 Å². The highest BCUT2D eigenvalue weighted by molar-refractivity contribution is 5.98. The molecule has 0 saturated carbocycles. The van der Waals surface area contributed by atoms with Crippen LogP contribution in [0.4, 0.5) is 11.5 Å². The molecule has 2 rings (SSSR count). The van der Waals surface area contributed by atoms with Gasteiger partial charge in [0.1, 0.15) is 23.5 Å². The highest BCUT2D eigenvalue weighted by atomic mass is 16.5. The maximum atomic E-state index is 12.5. The number of aryl methyl sites for hydroxylation is 1. The summed E-state index contributed by atoms with van der Waals surface area (Å²) in [4.78, 5) is 22.4. The zero-order chi connectivity index (χ0) is 16.3. The molecule has 1 amide bonds. The fourth-order valence-corrected chi connectivity index (χ4v) is 2.01. The topological polar surface area (TPSA) is 80.5 Å². The Bertz CT molecular complexity index is 667. The molecule has 0 fully saturated rings. The first-order valence-electron chi connectivity index (χ1n) is 6.87. The van der Waals surface area contributed by atoms with E-state index in [1.165, 1.54) is 13.4 Å². The minimum Gasteiger partial charge on any atom is -0.479 e. The standard InChI is InChI=1S/C15H20N4O3/c1-9-6-7-11(22-9)10(2)14(20)18-12-13(19(3)4)16-8-17-15(12)21-5/h6-8,10H,1-5H3,(H,18,20)/t10-/m1/s1. The van der Waals surface area contributed by atoms with Crippen molar-refractivity contribution >= 4 is 17.4 Å². The van der Waals surface area contributed by atoms with E-state index < -0.39 is 5.92 Å². The van der Waals surface area contributed by atoms with Crippen LogP contribution in [0.3, 0.4) is 0 Å². The second-order valence-electron chi connectivity index (χ2n) is 5.14. The van der Waals surface area contributed by atoms with Crippen molar-refractivity contribution in [3.8, 4) is 5.88 Å². The summed E-state index contributed by atoms with van der Waals surface area (Å²) in [5.74, 6) is 1.61. The maximum Gasteiger partial charge on any atom is 0.242 e. The van der Waals surface area contributed by atoms with Crippen molar-refractivity contribution in [2.45, 2.75) is 19.8 Å². The predicted molar refractivity (Wildman–Crippen MR) is 83.4 cm³/mol. The Morgan fingerprint density at radius 3 is 2.64 bits per heavy atom. The number of hydrogen-bond donors (Lipinski definition) is 1. The number of amides is 1. The van der Waals surface area contributed by atoms with Crippen molar-refractivity contribution in [1.29, 1.82) is 0 Å². The van der Waals surface area contributed by atoms with Crippen LogP contribution in [-0.2, 0) is 4.79 Å². The lowest BCUT2D eigenvalue weighted by atomic mass is 10.1. The Kier molecular flexibility index (Phi) is 4.65. The highest BCUT2D eigenvalue weighted by Crippen LogP contribution is 2.31. The third-order valence-electron chi connectivity index (χ3n) is 3.24. The van der Waals surface area contributed by atoms with Gasteiger partial charge < -0.3 is 19.4 Å². The number of carbonyl (C=O) groups is 1. The third kappa shape index (κ3) is 3.19. The lowest BCUT2D eigenvalue weighted by Crippen LogP contribution is -2.22. The number of nitrogens with zero attached hydrogens (tertiary/aromatic N) is 3. The summed E-state index contributed by atoms with van der Waals surface area (Å²) in [6, 6.07) is 3.63. The Balaban J connectivity index is 2.28. The number of carbonyl (C=O) groups excluding carboxylic acids is 1. The van der Waals surface area contributed by atoms with Crippen molar-refractivity contribution in [2.24, 2.45) is 0 Å². The van der Waals surface area contributed by atoms with Gasteiger partial charge in [-0.3, -0.25) is 4.79 Å². The molecule has 0 spiro atoms. The highest BCUT2D eigenvalue weighted by Gasteiger charge is 2.23. The summed E-state index contributed by atoms with van der Waals surface area (Å²) < 4.78 is 10.7.